The average Bonchev–Trinajstić information content (AvgIpc) is 2.45. The van der Waals surface area contributed by atoms with Crippen LogP contribution in [0, 0.1) is 0 Å². The minimum absolute atomic E-state index is 0.387. The van der Waals surface area contributed by atoms with Crippen LogP contribution in [0.1, 0.15) is 39.0 Å². The van der Waals surface area contributed by atoms with Crippen molar-refractivity contribution in [1.82, 2.24) is 0 Å². The van der Waals surface area contributed by atoms with E-state index in [1.54, 1.807) is 0 Å². The first-order valence-electron chi connectivity index (χ1n) is 7.53. The van der Waals surface area contributed by atoms with Crippen LogP contribution >= 0.6 is 0 Å². The molecule has 3 heteroatoms. The zero-order valence-electron chi connectivity index (χ0n) is 12.0. The van der Waals surface area contributed by atoms with Gasteiger partial charge >= 0.3 is 0 Å². The maximum absolute atomic E-state index is 5.93. The average molecular weight is 262 g/mol. The van der Waals surface area contributed by atoms with Gasteiger partial charge in [0, 0.05) is 24.8 Å². The molecule has 2 rings (SSSR count). The van der Waals surface area contributed by atoms with Gasteiger partial charge in [0.25, 0.3) is 0 Å². The van der Waals surface area contributed by atoms with Crippen molar-refractivity contribution in [3.63, 3.8) is 0 Å². The second-order valence-corrected chi connectivity index (χ2v) is 5.37. The maximum atomic E-state index is 5.93. The van der Waals surface area contributed by atoms with Crippen molar-refractivity contribution >= 4 is 5.69 Å². The Hall–Kier alpha value is -1.22. The Morgan fingerprint density at radius 2 is 1.84 bits per heavy atom. The highest BCUT2D eigenvalue weighted by molar-refractivity contribution is 5.49. The number of ether oxygens (including phenoxy) is 1. The first kappa shape index (κ1) is 14.2. The molecule has 1 aliphatic rings. The lowest BCUT2D eigenvalue weighted by Gasteiger charge is -2.32. The van der Waals surface area contributed by atoms with Crippen LogP contribution in [0.3, 0.4) is 0 Å². The third-order valence-electron chi connectivity index (χ3n) is 3.76. The molecule has 0 atom stereocenters. The lowest BCUT2D eigenvalue weighted by atomic mass is 10.1. The van der Waals surface area contributed by atoms with Crippen molar-refractivity contribution in [1.29, 1.82) is 0 Å². The number of piperidine rings is 1. The summed E-state index contributed by atoms with van der Waals surface area (Å²) in [5.74, 6) is 0.980. The number of unbranched alkanes of at least 4 members (excludes halogenated alkanes) is 2. The van der Waals surface area contributed by atoms with Gasteiger partial charge in [-0.3, -0.25) is 0 Å². The Balaban J connectivity index is 1.81. The molecule has 0 unspecified atom stereocenters. The summed E-state index contributed by atoms with van der Waals surface area (Å²) in [6, 6.07) is 8.86. The largest absolute Gasteiger partial charge is 0.494 e. The second-order valence-electron chi connectivity index (χ2n) is 5.37. The minimum atomic E-state index is 0.387. The van der Waals surface area contributed by atoms with Crippen LogP contribution < -0.4 is 15.4 Å². The smallest absolute Gasteiger partial charge is 0.119 e. The summed E-state index contributed by atoms with van der Waals surface area (Å²) in [5, 5.41) is 0. The normalized spacial score (nSPS) is 16.6. The molecule has 0 bridgehead atoms. The van der Waals surface area contributed by atoms with Gasteiger partial charge in [0.05, 0.1) is 6.61 Å². The van der Waals surface area contributed by atoms with Crippen molar-refractivity contribution < 1.29 is 4.74 Å². The van der Waals surface area contributed by atoms with E-state index in [9.17, 15) is 0 Å². The van der Waals surface area contributed by atoms with Crippen LogP contribution in [0.4, 0.5) is 5.69 Å². The highest BCUT2D eigenvalue weighted by Gasteiger charge is 2.15. The van der Waals surface area contributed by atoms with Crippen LogP contribution in [0.15, 0.2) is 24.3 Å². The summed E-state index contributed by atoms with van der Waals surface area (Å²) < 4.78 is 5.73. The number of anilines is 1. The summed E-state index contributed by atoms with van der Waals surface area (Å²) in [6.07, 6.45) is 5.80. The highest BCUT2D eigenvalue weighted by atomic mass is 16.5. The molecule has 0 radical (unpaired) electrons. The highest BCUT2D eigenvalue weighted by Crippen LogP contribution is 2.22. The number of rotatable bonds is 6. The third-order valence-corrected chi connectivity index (χ3v) is 3.76. The Bertz CT molecular complexity index is 356. The fourth-order valence-corrected chi connectivity index (χ4v) is 2.45. The van der Waals surface area contributed by atoms with E-state index >= 15 is 0 Å². The lowest BCUT2D eigenvalue weighted by Crippen LogP contribution is -2.39. The van der Waals surface area contributed by atoms with E-state index in [0.29, 0.717) is 6.04 Å². The Labute approximate surface area is 116 Å². The summed E-state index contributed by atoms with van der Waals surface area (Å²) >= 11 is 0. The number of hydrogen-bond donors (Lipinski definition) is 1. The van der Waals surface area contributed by atoms with Gasteiger partial charge < -0.3 is 15.4 Å². The van der Waals surface area contributed by atoms with Crippen LogP contribution in [0.2, 0.25) is 0 Å². The Kier molecular flexibility index (Phi) is 5.52. The molecule has 2 N–H and O–H groups in total. The fourth-order valence-electron chi connectivity index (χ4n) is 2.45. The summed E-state index contributed by atoms with van der Waals surface area (Å²) in [5.41, 5.74) is 7.22. The summed E-state index contributed by atoms with van der Waals surface area (Å²) in [6.45, 7) is 5.17. The molecule has 1 fully saturated rings. The molecular weight excluding hydrogens is 236 g/mol. The van der Waals surface area contributed by atoms with E-state index in [4.69, 9.17) is 10.5 Å². The van der Waals surface area contributed by atoms with Gasteiger partial charge in [-0.25, -0.2) is 0 Å². The molecular formula is C16H26N2O. The first-order chi connectivity index (χ1) is 9.29. The number of benzene rings is 1. The van der Waals surface area contributed by atoms with E-state index in [1.165, 1.54) is 18.5 Å². The van der Waals surface area contributed by atoms with Gasteiger partial charge in [0.15, 0.2) is 0 Å². The number of nitrogens with zero attached hydrogens (tertiary/aromatic N) is 1. The molecule has 3 nitrogen and oxygen atoms in total. The van der Waals surface area contributed by atoms with Crippen LogP contribution in [0.5, 0.6) is 5.75 Å². The standard InChI is InChI=1S/C16H26N2O/c1-2-3-4-13-19-16-7-5-15(6-8-16)18-11-9-14(17)10-12-18/h5-8,14H,2-4,9-13,17H2,1H3. The monoisotopic (exact) mass is 262 g/mol. The third kappa shape index (κ3) is 4.43. The molecule has 1 saturated heterocycles. The molecule has 106 valence electrons. The van der Waals surface area contributed by atoms with E-state index in [0.717, 1.165) is 44.7 Å². The number of nitrogens with two attached hydrogens (primary N) is 1. The lowest BCUT2D eigenvalue weighted by molar-refractivity contribution is 0.306. The molecule has 0 amide bonds. The van der Waals surface area contributed by atoms with Gasteiger partial charge in [-0.2, -0.15) is 0 Å². The van der Waals surface area contributed by atoms with Gasteiger partial charge in [-0.1, -0.05) is 19.8 Å². The van der Waals surface area contributed by atoms with E-state index < -0.39 is 0 Å². The Morgan fingerprint density at radius 1 is 1.16 bits per heavy atom. The molecule has 1 aromatic rings. The Morgan fingerprint density at radius 3 is 2.47 bits per heavy atom. The minimum Gasteiger partial charge on any atom is -0.494 e. The van der Waals surface area contributed by atoms with Crippen LogP contribution in [-0.4, -0.2) is 25.7 Å². The predicted octanol–water partition coefficient (Wildman–Crippen LogP) is 3.18. The van der Waals surface area contributed by atoms with Crippen molar-refractivity contribution in [2.45, 2.75) is 45.1 Å². The summed E-state index contributed by atoms with van der Waals surface area (Å²) in [4.78, 5) is 2.41. The molecule has 19 heavy (non-hydrogen) atoms. The fraction of sp³-hybridized carbons (Fsp3) is 0.625. The zero-order chi connectivity index (χ0) is 13.5. The van der Waals surface area contributed by atoms with Gasteiger partial charge in [-0.05, 0) is 43.5 Å². The van der Waals surface area contributed by atoms with Crippen molar-refractivity contribution in [3.8, 4) is 5.75 Å². The van der Waals surface area contributed by atoms with Gasteiger partial charge in [0.2, 0.25) is 0 Å². The van der Waals surface area contributed by atoms with Crippen molar-refractivity contribution in [2.75, 3.05) is 24.6 Å². The van der Waals surface area contributed by atoms with Crippen LogP contribution in [0.25, 0.3) is 0 Å². The van der Waals surface area contributed by atoms with Crippen LogP contribution in [-0.2, 0) is 0 Å². The topological polar surface area (TPSA) is 38.5 Å². The second kappa shape index (κ2) is 7.39. The number of hydrogen-bond acceptors (Lipinski definition) is 3. The maximum Gasteiger partial charge on any atom is 0.119 e. The molecule has 1 aliphatic heterocycles. The molecule has 1 heterocycles. The quantitative estimate of drug-likeness (QED) is 0.800. The molecule has 0 aromatic heterocycles. The molecule has 0 saturated carbocycles. The van der Waals surface area contributed by atoms with Gasteiger partial charge in [0.1, 0.15) is 5.75 Å². The SMILES string of the molecule is CCCCCOc1ccc(N2CCC(N)CC2)cc1. The van der Waals surface area contributed by atoms with E-state index in [-0.39, 0.29) is 0 Å². The predicted molar refractivity (Wildman–Crippen MR) is 80.9 cm³/mol. The van der Waals surface area contributed by atoms with Crippen molar-refractivity contribution in [3.05, 3.63) is 24.3 Å². The molecule has 0 spiro atoms. The first-order valence-corrected chi connectivity index (χ1v) is 7.53. The van der Waals surface area contributed by atoms with E-state index in [2.05, 4.69) is 36.1 Å². The molecule has 0 aliphatic carbocycles. The van der Waals surface area contributed by atoms with Crippen molar-refractivity contribution in [2.24, 2.45) is 5.73 Å². The van der Waals surface area contributed by atoms with E-state index in [1.807, 2.05) is 0 Å². The summed E-state index contributed by atoms with van der Waals surface area (Å²) in [7, 11) is 0. The van der Waals surface area contributed by atoms with Gasteiger partial charge in [-0.15, -0.1) is 0 Å². The molecule has 1 aromatic carbocycles. The zero-order valence-corrected chi connectivity index (χ0v) is 12.0.